The first-order valence-electron chi connectivity index (χ1n) is 11.6. The van der Waals surface area contributed by atoms with Gasteiger partial charge in [-0.3, -0.25) is 14.7 Å². The maximum atomic E-state index is 12.3. The van der Waals surface area contributed by atoms with Crippen LogP contribution in [0.15, 0.2) is 4.99 Å². The van der Waals surface area contributed by atoms with Crippen LogP contribution < -0.4 is 10.6 Å². The number of carbonyl (C=O) groups excluding carboxylic acids is 2. The van der Waals surface area contributed by atoms with Crippen LogP contribution in [-0.4, -0.2) is 104 Å². The lowest BCUT2D eigenvalue weighted by Gasteiger charge is -2.26. The third-order valence-electron chi connectivity index (χ3n) is 5.50. The second-order valence-corrected chi connectivity index (χ2v) is 9.59. The van der Waals surface area contributed by atoms with E-state index in [2.05, 4.69) is 27.4 Å². The van der Waals surface area contributed by atoms with Crippen molar-refractivity contribution in [3.8, 4) is 0 Å². The first kappa shape index (κ1) is 25.2. The Labute approximate surface area is 187 Å². The van der Waals surface area contributed by atoms with Crippen LogP contribution in [0.5, 0.6) is 0 Å². The third-order valence-corrected chi connectivity index (χ3v) is 5.50. The molecule has 178 valence electrons. The van der Waals surface area contributed by atoms with Gasteiger partial charge in [-0.2, -0.15) is 0 Å². The van der Waals surface area contributed by atoms with Gasteiger partial charge in [0.1, 0.15) is 5.60 Å². The molecule has 2 saturated heterocycles. The molecule has 0 spiro atoms. The molecule has 9 nitrogen and oxygen atoms in total. The van der Waals surface area contributed by atoms with Crippen LogP contribution in [0.1, 0.15) is 53.4 Å². The maximum absolute atomic E-state index is 12.3. The minimum absolute atomic E-state index is 0.0190. The van der Waals surface area contributed by atoms with Gasteiger partial charge in [0.25, 0.3) is 0 Å². The molecule has 2 fully saturated rings. The van der Waals surface area contributed by atoms with Gasteiger partial charge >= 0.3 is 6.09 Å². The van der Waals surface area contributed by atoms with Crippen molar-refractivity contribution in [3.05, 3.63) is 0 Å². The summed E-state index contributed by atoms with van der Waals surface area (Å²) in [4.78, 5) is 35.4. The van der Waals surface area contributed by atoms with Crippen LogP contribution in [0.4, 0.5) is 4.79 Å². The molecule has 0 aromatic rings. The number of alkyl carbamates (subject to hydrolysis) is 1. The Morgan fingerprint density at radius 2 is 1.94 bits per heavy atom. The summed E-state index contributed by atoms with van der Waals surface area (Å²) in [6.45, 7) is 12.6. The van der Waals surface area contributed by atoms with E-state index in [0.29, 0.717) is 6.54 Å². The Morgan fingerprint density at radius 1 is 1.19 bits per heavy atom. The number of hydrogen-bond acceptors (Lipinski definition) is 5. The number of guanidine groups is 1. The van der Waals surface area contributed by atoms with E-state index in [-0.39, 0.29) is 24.1 Å². The van der Waals surface area contributed by atoms with Gasteiger partial charge in [0.2, 0.25) is 5.91 Å². The van der Waals surface area contributed by atoms with Crippen molar-refractivity contribution < 1.29 is 14.3 Å². The number of carbonyl (C=O) groups is 2. The number of aliphatic imine (C=N–C) groups is 1. The molecule has 2 aliphatic heterocycles. The Bertz CT molecular complexity index is 631. The van der Waals surface area contributed by atoms with Crippen molar-refractivity contribution in [1.29, 1.82) is 0 Å². The first-order valence-corrected chi connectivity index (χ1v) is 11.6. The molecule has 0 radical (unpaired) electrons. The van der Waals surface area contributed by atoms with Crippen LogP contribution in [0, 0.1) is 0 Å². The van der Waals surface area contributed by atoms with Crippen molar-refractivity contribution in [1.82, 2.24) is 25.3 Å². The van der Waals surface area contributed by atoms with E-state index >= 15 is 0 Å². The first-order chi connectivity index (χ1) is 14.6. The molecule has 2 heterocycles. The average Bonchev–Trinajstić information content (AvgIpc) is 3.31. The molecule has 2 atom stereocenters. The van der Waals surface area contributed by atoms with Crippen molar-refractivity contribution in [2.45, 2.75) is 71.1 Å². The molecule has 2 unspecified atom stereocenters. The van der Waals surface area contributed by atoms with Crippen molar-refractivity contribution in [2.24, 2.45) is 4.99 Å². The highest BCUT2D eigenvalue weighted by atomic mass is 16.6. The van der Waals surface area contributed by atoms with Crippen LogP contribution in [0.25, 0.3) is 0 Å². The van der Waals surface area contributed by atoms with Crippen molar-refractivity contribution >= 4 is 18.0 Å². The summed E-state index contributed by atoms with van der Waals surface area (Å²) in [5.41, 5.74) is -0.496. The number of nitrogens with zero attached hydrogens (tertiary/aromatic N) is 4. The minimum Gasteiger partial charge on any atom is -0.444 e. The Morgan fingerprint density at radius 3 is 2.58 bits per heavy atom. The summed E-state index contributed by atoms with van der Waals surface area (Å²) in [7, 11) is 3.65. The topological polar surface area (TPSA) is 89.5 Å². The second kappa shape index (κ2) is 11.5. The Balaban J connectivity index is 1.81. The molecule has 2 aliphatic rings. The SMILES string of the molecule is CCNC(=NCCCN1CCCC1C(=O)N(C)C)N1CCC(NC(=O)OC(C)(C)C)C1. The van der Waals surface area contributed by atoms with E-state index in [1.807, 2.05) is 34.9 Å². The fourth-order valence-corrected chi connectivity index (χ4v) is 4.10. The van der Waals surface area contributed by atoms with E-state index in [1.165, 1.54) is 0 Å². The smallest absolute Gasteiger partial charge is 0.407 e. The molecular formula is C22H42N6O3. The van der Waals surface area contributed by atoms with Crippen LogP contribution in [0.3, 0.4) is 0 Å². The summed E-state index contributed by atoms with van der Waals surface area (Å²) in [6.07, 6.45) is 3.44. The van der Waals surface area contributed by atoms with Gasteiger partial charge in [0.15, 0.2) is 5.96 Å². The monoisotopic (exact) mass is 438 g/mol. The molecule has 0 aliphatic carbocycles. The van der Waals surface area contributed by atoms with Gasteiger partial charge < -0.3 is 25.2 Å². The molecule has 0 aromatic heterocycles. The van der Waals surface area contributed by atoms with Gasteiger partial charge in [-0.05, 0) is 59.9 Å². The molecular weight excluding hydrogens is 396 g/mol. The van der Waals surface area contributed by atoms with E-state index in [4.69, 9.17) is 9.73 Å². The lowest BCUT2D eigenvalue weighted by atomic mass is 10.2. The van der Waals surface area contributed by atoms with Crippen LogP contribution in [-0.2, 0) is 9.53 Å². The predicted octanol–water partition coefficient (Wildman–Crippen LogP) is 1.49. The van der Waals surface area contributed by atoms with Gasteiger partial charge in [0.05, 0.1) is 12.1 Å². The summed E-state index contributed by atoms with van der Waals surface area (Å²) < 4.78 is 5.37. The number of nitrogens with one attached hydrogen (secondary N) is 2. The zero-order valence-corrected chi connectivity index (χ0v) is 20.2. The number of ether oxygens (including phenoxy) is 1. The number of rotatable bonds is 7. The molecule has 0 aromatic carbocycles. The Hall–Kier alpha value is -2.03. The van der Waals surface area contributed by atoms with E-state index in [9.17, 15) is 9.59 Å². The van der Waals surface area contributed by atoms with E-state index < -0.39 is 5.60 Å². The molecule has 0 bridgehead atoms. The minimum atomic E-state index is -0.496. The molecule has 31 heavy (non-hydrogen) atoms. The summed E-state index contributed by atoms with van der Waals surface area (Å²) in [5, 5.41) is 6.33. The summed E-state index contributed by atoms with van der Waals surface area (Å²) in [5.74, 6) is 1.09. The maximum Gasteiger partial charge on any atom is 0.407 e. The summed E-state index contributed by atoms with van der Waals surface area (Å²) >= 11 is 0. The molecule has 0 saturated carbocycles. The second-order valence-electron chi connectivity index (χ2n) is 9.59. The van der Waals surface area contributed by atoms with Gasteiger partial charge in [-0.15, -0.1) is 0 Å². The van der Waals surface area contributed by atoms with Crippen molar-refractivity contribution in [3.63, 3.8) is 0 Å². The number of likely N-dealkylation sites (tertiary alicyclic amines) is 2. The zero-order valence-electron chi connectivity index (χ0n) is 20.2. The normalized spacial score (nSPS) is 22.5. The van der Waals surface area contributed by atoms with E-state index in [0.717, 1.165) is 64.4 Å². The highest BCUT2D eigenvalue weighted by Gasteiger charge is 2.31. The fourth-order valence-electron chi connectivity index (χ4n) is 4.10. The van der Waals surface area contributed by atoms with Crippen LogP contribution in [0.2, 0.25) is 0 Å². The fraction of sp³-hybridized carbons (Fsp3) is 0.864. The zero-order chi connectivity index (χ0) is 23.0. The lowest BCUT2D eigenvalue weighted by Crippen LogP contribution is -2.44. The lowest BCUT2D eigenvalue weighted by molar-refractivity contribution is -0.133. The van der Waals surface area contributed by atoms with Gasteiger partial charge in [-0.25, -0.2) is 4.79 Å². The molecule has 2 amide bonds. The highest BCUT2D eigenvalue weighted by Crippen LogP contribution is 2.19. The standard InChI is InChI=1S/C22H42N6O3/c1-7-23-20(28-15-11-17(16-28)25-21(30)31-22(2,3)4)24-12-9-14-27-13-8-10-18(27)19(29)26(5)6/h17-18H,7-16H2,1-6H3,(H,23,24)(H,25,30). The average molecular weight is 439 g/mol. The Kier molecular flexibility index (Phi) is 9.40. The van der Waals surface area contributed by atoms with Crippen LogP contribution >= 0.6 is 0 Å². The largest absolute Gasteiger partial charge is 0.444 e. The quantitative estimate of drug-likeness (QED) is 0.356. The molecule has 9 heteroatoms. The number of amides is 2. The molecule has 2 rings (SSSR count). The molecule has 2 N–H and O–H groups in total. The highest BCUT2D eigenvalue weighted by molar-refractivity contribution is 5.81. The predicted molar refractivity (Wildman–Crippen MR) is 123 cm³/mol. The van der Waals surface area contributed by atoms with E-state index in [1.54, 1.807) is 4.90 Å². The van der Waals surface area contributed by atoms with Gasteiger partial charge in [-0.1, -0.05) is 0 Å². The number of likely N-dealkylation sites (N-methyl/N-ethyl adjacent to an activating group) is 1. The van der Waals surface area contributed by atoms with Gasteiger partial charge in [0, 0.05) is 46.8 Å². The number of hydrogen-bond donors (Lipinski definition) is 2. The van der Waals surface area contributed by atoms with Crippen molar-refractivity contribution in [2.75, 3.05) is 53.4 Å². The third kappa shape index (κ3) is 8.20. The summed E-state index contributed by atoms with van der Waals surface area (Å²) in [6, 6.07) is 0.0756.